The molecule has 10 heteroatoms. The Labute approximate surface area is 527 Å². The Kier molecular flexibility index (Phi) is 68.9. The number of hydrogen-bond donors (Lipinski definition) is 2. The second kappa shape index (κ2) is 70.8. The fourth-order valence-electron chi connectivity index (χ4n) is 11.0. The zero-order chi connectivity index (χ0) is 61.6. The van der Waals surface area contributed by atoms with Gasteiger partial charge in [-0.15, -0.1) is 0 Å². The van der Waals surface area contributed by atoms with Gasteiger partial charge >= 0.3 is 19.8 Å². The molecule has 0 bridgehead atoms. The molecule has 0 aromatic carbocycles. The molecule has 0 aliphatic carbocycles. The van der Waals surface area contributed by atoms with Crippen LogP contribution in [0.4, 0.5) is 0 Å². The maximum atomic E-state index is 12.8. The van der Waals surface area contributed by atoms with Gasteiger partial charge in [-0.05, 0) is 57.8 Å². The van der Waals surface area contributed by atoms with Crippen LogP contribution in [-0.4, -0.2) is 49.3 Å². The van der Waals surface area contributed by atoms with Gasteiger partial charge in [-0.25, -0.2) is 4.57 Å². The van der Waals surface area contributed by atoms with Crippen LogP contribution in [0.5, 0.6) is 0 Å². The molecule has 0 aromatic rings. The van der Waals surface area contributed by atoms with Gasteiger partial charge in [0.15, 0.2) is 6.10 Å². The minimum absolute atomic E-state index is 0.0542. The standard InChI is InChI=1S/C75H140NO8P/c1-3-5-7-9-11-13-15-17-19-21-23-25-27-29-31-33-35-36-38-39-41-43-45-47-49-51-53-55-57-59-61-63-65-67-74(77)81-71-73(72-83-85(79,80)82-70-69-76)84-75(78)68-66-64-62-60-58-56-54-52-50-48-46-44-42-40-37-34-32-30-28-26-24-22-20-18-16-14-12-10-8-6-4-2/h6,8,12,14,18,20,24,26,30,32,73H,3-5,7,9-11,13,15-17,19,21-23,25,27-29,31,33-72,76H2,1-2H3,(H,79,80)/b8-6-,14-12-,20-18-,26-24-,32-30-. The Hall–Kier alpha value is -2.29. The van der Waals surface area contributed by atoms with Crippen molar-refractivity contribution in [2.75, 3.05) is 26.4 Å². The highest BCUT2D eigenvalue weighted by molar-refractivity contribution is 7.47. The Morgan fingerprint density at radius 1 is 0.365 bits per heavy atom. The summed E-state index contributed by atoms with van der Waals surface area (Å²) in [5.74, 6) is -0.809. The summed E-state index contributed by atoms with van der Waals surface area (Å²) in [7, 11) is -4.39. The van der Waals surface area contributed by atoms with Gasteiger partial charge < -0.3 is 20.1 Å². The number of carbonyl (C=O) groups is 2. The van der Waals surface area contributed by atoms with E-state index in [0.29, 0.717) is 6.42 Å². The molecule has 0 saturated carbocycles. The van der Waals surface area contributed by atoms with Crippen LogP contribution in [0.25, 0.3) is 0 Å². The summed E-state index contributed by atoms with van der Waals surface area (Å²) in [5, 5.41) is 0. The summed E-state index contributed by atoms with van der Waals surface area (Å²) in [4.78, 5) is 35.4. The average Bonchev–Trinajstić information content (AvgIpc) is 3.52. The van der Waals surface area contributed by atoms with E-state index in [1.807, 2.05) is 0 Å². The van der Waals surface area contributed by atoms with Crippen LogP contribution < -0.4 is 5.73 Å². The molecular weight excluding hydrogens is 1070 g/mol. The van der Waals surface area contributed by atoms with Crippen LogP contribution in [0.1, 0.15) is 373 Å². The van der Waals surface area contributed by atoms with E-state index in [-0.39, 0.29) is 38.6 Å². The smallest absolute Gasteiger partial charge is 0.462 e. The zero-order valence-corrected chi connectivity index (χ0v) is 57.0. The number of hydrogen-bond acceptors (Lipinski definition) is 8. The Bertz CT molecular complexity index is 1580. The molecule has 0 heterocycles. The zero-order valence-electron chi connectivity index (χ0n) is 56.1. The van der Waals surface area contributed by atoms with E-state index >= 15 is 0 Å². The summed E-state index contributed by atoms with van der Waals surface area (Å²) < 4.78 is 33.2. The number of allylic oxidation sites excluding steroid dienone is 10. The Morgan fingerprint density at radius 3 is 0.965 bits per heavy atom. The summed E-state index contributed by atoms with van der Waals surface area (Å²) in [6, 6.07) is 0. The number of esters is 2. The first-order valence-corrected chi connectivity index (χ1v) is 38.3. The van der Waals surface area contributed by atoms with Crippen LogP contribution in [0, 0.1) is 0 Å². The van der Waals surface area contributed by atoms with Gasteiger partial charge in [0.2, 0.25) is 0 Å². The Morgan fingerprint density at radius 2 is 0.647 bits per heavy atom. The topological polar surface area (TPSA) is 134 Å². The second-order valence-corrected chi connectivity index (χ2v) is 26.2. The van der Waals surface area contributed by atoms with Gasteiger partial charge in [0, 0.05) is 19.4 Å². The van der Waals surface area contributed by atoms with Crippen molar-refractivity contribution in [1.82, 2.24) is 0 Å². The van der Waals surface area contributed by atoms with Crippen LogP contribution >= 0.6 is 7.82 Å². The third kappa shape index (κ3) is 70.7. The average molecular weight is 1210 g/mol. The van der Waals surface area contributed by atoms with Crippen LogP contribution in [-0.2, 0) is 32.7 Å². The predicted molar refractivity (Wildman–Crippen MR) is 367 cm³/mol. The number of carbonyl (C=O) groups excluding carboxylic acids is 2. The van der Waals surface area contributed by atoms with Crippen molar-refractivity contribution >= 4 is 19.8 Å². The lowest BCUT2D eigenvalue weighted by molar-refractivity contribution is -0.161. The van der Waals surface area contributed by atoms with E-state index in [1.54, 1.807) is 0 Å². The summed E-state index contributed by atoms with van der Waals surface area (Å²) >= 11 is 0. The first-order chi connectivity index (χ1) is 41.8. The quantitative estimate of drug-likeness (QED) is 0.0264. The maximum Gasteiger partial charge on any atom is 0.472 e. The number of phosphoric ester groups is 1. The highest BCUT2D eigenvalue weighted by Gasteiger charge is 2.26. The van der Waals surface area contributed by atoms with Crippen LogP contribution in [0.15, 0.2) is 60.8 Å². The van der Waals surface area contributed by atoms with Gasteiger partial charge in [0.1, 0.15) is 6.61 Å². The first kappa shape index (κ1) is 82.7. The van der Waals surface area contributed by atoms with Crippen molar-refractivity contribution in [3.8, 4) is 0 Å². The largest absolute Gasteiger partial charge is 0.472 e. The molecule has 3 N–H and O–H groups in total. The molecule has 2 atom stereocenters. The lowest BCUT2D eigenvalue weighted by Gasteiger charge is -2.19. The van der Waals surface area contributed by atoms with Gasteiger partial charge in [-0.3, -0.25) is 18.6 Å². The van der Waals surface area contributed by atoms with Crippen molar-refractivity contribution in [3.05, 3.63) is 60.8 Å². The summed E-state index contributed by atoms with van der Waals surface area (Å²) in [5.41, 5.74) is 5.41. The molecule has 9 nitrogen and oxygen atoms in total. The minimum atomic E-state index is -4.39. The molecule has 0 fully saturated rings. The van der Waals surface area contributed by atoms with E-state index in [1.165, 1.54) is 270 Å². The number of nitrogens with two attached hydrogens (primary N) is 1. The highest BCUT2D eigenvalue weighted by Crippen LogP contribution is 2.43. The maximum absolute atomic E-state index is 12.8. The van der Waals surface area contributed by atoms with E-state index in [0.717, 1.165) is 70.6 Å². The first-order valence-electron chi connectivity index (χ1n) is 36.8. The van der Waals surface area contributed by atoms with Crippen LogP contribution in [0.3, 0.4) is 0 Å². The van der Waals surface area contributed by atoms with Gasteiger partial charge in [-0.1, -0.05) is 364 Å². The normalized spacial score (nSPS) is 13.2. The molecule has 2 unspecified atom stereocenters. The lowest BCUT2D eigenvalue weighted by atomic mass is 10.0. The van der Waals surface area contributed by atoms with Crippen molar-refractivity contribution < 1.29 is 37.6 Å². The monoisotopic (exact) mass is 1210 g/mol. The van der Waals surface area contributed by atoms with E-state index in [9.17, 15) is 19.0 Å². The third-order valence-corrected chi connectivity index (χ3v) is 17.4. The second-order valence-electron chi connectivity index (χ2n) is 24.8. The number of unbranched alkanes of at least 4 members (excludes halogenated alkanes) is 47. The number of rotatable bonds is 70. The third-order valence-electron chi connectivity index (χ3n) is 16.4. The van der Waals surface area contributed by atoms with Gasteiger partial charge in [-0.2, -0.15) is 0 Å². The molecule has 0 aliphatic heterocycles. The molecule has 0 aliphatic rings. The molecule has 0 spiro atoms. The van der Waals surface area contributed by atoms with Gasteiger partial charge in [0.25, 0.3) is 0 Å². The SMILES string of the molecule is CC/C=C\C/C=C\C/C=C\C/C=C\C/C=C\CCCCCCCCCCCCCCCCCC(=O)OC(COC(=O)CCCCCCCCCCCCCCCCCCCCCCCCCCCCCCCCCCC)COP(=O)(O)OCCN. The van der Waals surface area contributed by atoms with Crippen molar-refractivity contribution in [3.63, 3.8) is 0 Å². The van der Waals surface area contributed by atoms with Gasteiger partial charge in [0.05, 0.1) is 13.2 Å². The highest BCUT2D eigenvalue weighted by atomic mass is 31.2. The number of phosphoric acid groups is 1. The van der Waals surface area contributed by atoms with Crippen molar-refractivity contribution in [2.24, 2.45) is 5.73 Å². The number of ether oxygens (including phenoxy) is 2. The molecular formula is C75H140NO8P. The van der Waals surface area contributed by atoms with Crippen molar-refractivity contribution in [2.45, 2.75) is 380 Å². The van der Waals surface area contributed by atoms with E-state index < -0.39 is 26.5 Å². The fourth-order valence-corrected chi connectivity index (χ4v) is 11.8. The molecule has 498 valence electrons. The van der Waals surface area contributed by atoms with E-state index in [4.69, 9.17) is 24.3 Å². The fraction of sp³-hybridized carbons (Fsp3) is 0.840. The molecule has 0 amide bonds. The lowest BCUT2D eigenvalue weighted by Crippen LogP contribution is -2.29. The molecule has 0 radical (unpaired) electrons. The van der Waals surface area contributed by atoms with Crippen LogP contribution in [0.2, 0.25) is 0 Å². The van der Waals surface area contributed by atoms with Crippen molar-refractivity contribution in [1.29, 1.82) is 0 Å². The molecule has 0 rings (SSSR count). The summed E-state index contributed by atoms with van der Waals surface area (Å²) in [6.45, 7) is 3.70. The summed E-state index contributed by atoms with van der Waals surface area (Å²) in [6.07, 6.45) is 91.9. The molecule has 0 aromatic heterocycles. The molecule has 0 saturated heterocycles. The minimum Gasteiger partial charge on any atom is -0.462 e. The Balaban J connectivity index is 3.81. The molecule has 85 heavy (non-hydrogen) atoms. The predicted octanol–water partition coefficient (Wildman–Crippen LogP) is 24.2. The van der Waals surface area contributed by atoms with E-state index in [2.05, 4.69) is 74.6 Å².